The molecule has 2 aliphatic carbocycles. The molecule has 1 heterocycles. The van der Waals surface area contributed by atoms with Crippen LogP contribution >= 0.6 is 59.4 Å². The predicted molar refractivity (Wildman–Crippen MR) is 132 cm³/mol. The van der Waals surface area contributed by atoms with Crippen molar-refractivity contribution in [1.82, 2.24) is 4.90 Å². The average Bonchev–Trinajstić information content (AvgIpc) is 3.32. The summed E-state index contributed by atoms with van der Waals surface area (Å²) < 4.78 is 0.797. The van der Waals surface area contributed by atoms with Gasteiger partial charge in [0.2, 0.25) is 17.7 Å². The molecule has 3 fully saturated rings. The summed E-state index contributed by atoms with van der Waals surface area (Å²) in [5.41, 5.74) is 1.65. The first kappa shape index (κ1) is 23.7. The quantitative estimate of drug-likeness (QED) is 0.237. The van der Waals surface area contributed by atoms with E-state index in [4.69, 9.17) is 11.6 Å². The molecule has 3 aliphatic rings. The molecule has 1 saturated heterocycles. The van der Waals surface area contributed by atoms with E-state index in [1.165, 1.54) is 4.90 Å². The number of unbranched alkanes of at least 4 members (excludes halogenated alkanes) is 2. The van der Waals surface area contributed by atoms with Crippen LogP contribution in [0.2, 0.25) is 5.02 Å². The summed E-state index contributed by atoms with van der Waals surface area (Å²) >= 11 is 16.9. The topological polar surface area (TPSA) is 66.5 Å². The van der Waals surface area contributed by atoms with Crippen molar-refractivity contribution in [3.63, 3.8) is 0 Å². The Balaban J connectivity index is 1.22. The molecular formula is C22H24Br3ClN2O3. The molecule has 0 unspecified atom stereocenters. The zero-order valence-electron chi connectivity index (χ0n) is 17.0. The highest BCUT2D eigenvalue weighted by atomic mass is 79.9. The SMILES string of the molecule is Cc1cc(Br)c(Cl)cc1NC(=O)CCCCCN1C(=O)[C@H]2[C@@H]3C[C@H]([C@@H](Br)[C@H]3Br)[C@@H]2C1=O. The number of amides is 3. The van der Waals surface area contributed by atoms with Crippen LogP contribution in [0.3, 0.4) is 0 Å². The molecule has 168 valence electrons. The second-order valence-electron chi connectivity index (χ2n) is 8.77. The minimum absolute atomic E-state index is 0.00619. The first-order valence-electron chi connectivity index (χ1n) is 10.6. The van der Waals surface area contributed by atoms with Gasteiger partial charge in [0.15, 0.2) is 0 Å². The van der Waals surface area contributed by atoms with Crippen molar-refractivity contribution < 1.29 is 14.4 Å². The van der Waals surface area contributed by atoms with Gasteiger partial charge in [0.1, 0.15) is 0 Å². The Bertz CT molecular complexity index is 896. The number of anilines is 1. The Morgan fingerprint density at radius 2 is 1.71 bits per heavy atom. The van der Waals surface area contributed by atoms with Crippen molar-refractivity contribution in [2.24, 2.45) is 23.7 Å². The molecule has 6 atom stereocenters. The van der Waals surface area contributed by atoms with Crippen molar-refractivity contribution in [3.05, 3.63) is 27.2 Å². The van der Waals surface area contributed by atoms with Crippen LogP contribution in [0.4, 0.5) is 5.69 Å². The molecule has 3 amide bonds. The Hall–Kier alpha value is -0.440. The number of carbonyl (C=O) groups is 3. The maximum atomic E-state index is 12.9. The van der Waals surface area contributed by atoms with Crippen LogP contribution in [-0.4, -0.2) is 38.8 Å². The summed E-state index contributed by atoms with van der Waals surface area (Å²) in [5.74, 6) is 0.149. The van der Waals surface area contributed by atoms with Crippen LogP contribution in [-0.2, 0) is 14.4 Å². The lowest BCUT2D eigenvalue weighted by Crippen LogP contribution is -2.37. The van der Waals surface area contributed by atoms with Crippen molar-refractivity contribution in [1.29, 1.82) is 0 Å². The maximum Gasteiger partial charge on any atom is 0.233 e. The third-order valence-electron chi connectivity index (χ3n) is 6.91. The van der Waals surface area contributed by atoms with E-state index in [9.17, 15) is 14.4 Å². The fourth-order valence-electron chi connectivity index (χ4n) is 5.36. The fourth-order valence-corrected chi connectivity index (χ4v) is 7.85. The molecule has 5 nitrogen and oxygen atoms in total. The molecule has 1 aliphatic heterocycles. The molecule has 9 heteroatoms. The number of nitrogens with zero attached hydrogens (tertiary/aromatic N) is 1. The van der Waals surface area contributed by atoms with Gasteiger partial charge in [-0.15, -0.1) is 0 Å². The Morgan fingerprint density at radius 3 is 2.32 bits per heavy atom. The minimum atomic E-state index is -0.151. The van der Waals surface area contributed by atoms with E-state index in [-0.39, 0.29) is 51.0 Å². The molecule has 2 bridgehead atoms. The number of hydrogen-bond donors (Lipinski definition) is 1. The Morgan fingerprint density at radius 1 is 1.10 bits per heavy atom. The molecule has 0 spiro atoms. The van der Waals surface area contributed by atoms with Crippen LogP contribution < -0.4 is 5.32 Å². The van der Waals surface area contributed by atoms with Gasteiger partial charge in [-0.1, -0.05) is 49.9 Å². The number of aryl methyl sites for hydroxylation is 1. The van der Waals surface area contributed by atoms with Gasteiger partial charge in [-0.2, -0.15) is 0 Å². The zero-order valence-corrected chi connectivity index (χ0v) is 22.6. The number of fused-ring (bicyclic) bond motifs is 5. The number of rotatable bonds is 7. The number of carbonyl (C=O) groups excluding carboxylic acids is 3. The van der Waals surface area contributed by atoms with Gasteiger partial charge < -0.3 is 5.32 Å². The summed E-state index contributed by atoms with van der Waals surface area (Å²) in [6.07, 6.45) is 3.55. The van der Waals surface area contributed by atoms with Crippen molar-refractivity contribution in [3.8, 4) is 0 Å². The lowest BCUT2D eigenvalue weighted by atomic mass is 9.81. The van der Waals surface area contributed by atoms with E-state index in [0.29, 0.717) is 30.1 Å². The molecule has 1 aromatic carbocycles. The number of imide groups is 1. The first-order valence-corrected chi connectivity index (χ1v) is 13.6. The summed E-state index contributed by atoms with van der Waals surface area (Å²) in [6.45, 7) is 2.37. The summed E-state index contributed by atoms with van der Waals surface area (Å²) in [7, 11) is 0. The molecule has 0 aromatic heterocycles. The molecule has 31 heavy (non-hydrogen) atoms. The average molecular weight is 640 g/mol. The predicted octanol–water partition coefficient (Wildman–Crippen LogP) is 5.69. The van der Waals surface area contributed by atoms with E-state index in [1.807, 2.05) is 13.0 Å². The number of hydrogen-bond acceptors (Lipinski definition) is 3. The summed E-state index contributed by atoms with van der Waals surface area (Å²) in [4.78, 5) is 40.0. The molecular weight excluding hydrogens is 615 g/mol. The van der Waals surface area contributed by atoms with Gasteiger partial charge in [0.05, 0.1) is 16.9 Å². The number of nitrogens with one attached hydrogen (secondary N) is 1. The second kappa shape index (κ2) is 9.43. The minimum Gasteiger partial charge on any atom is -0.326 e. The normalized spacial score (nSPS) is 31.5. The largest absolute Gasteiger partial charge is 0.326 e. The van der Waals surface area contributed by atoms with Crippen molar-refractivity contribution in [2.45, 2.75) is 48.7 Å². The van der Waals surface area contributed by atoms with Crippen molar-refractivity contribution >= 4 is 82.8 Å². The van der Waals surface area contributed by atoms with Gasteiger partial charge in [0.25, 0.3) is 0 Å². The first-order chi connectivity index (χ1) is 14.7. The van der Waals surface area contributed by atoms with Crippen LogP contribution in [0.1, 0.15) is 37.7 Å². The van der Waals surface area contributed by atoms with Gasteiger partial charge in [-0.05, 0) is 71.6 Å². The van der Waals surface area contributed by atoms with E-state index < -0.39 is 0 Å². The fraction of sp³-hybridized carbons (Fsp3) is 0.591. The van der Waals surface area contributed by atoms with Gasteiger partial charge >= 0.3 is 0 Å². The maximum absolute atomic E-state index is 12.9. The van der Waals surface area contributed by atoms with E-state index >= 15 is 0 Å². The monoisotopic (exact) mass is 636 g/mol. The Kier molecular flexibility index (Phi) is 7.21. The number of alkyl halides is 2. The van der Waals surface area contributed by atoms with Gasteiger partial charge in [-0.25, -0.2) is 0 Å². The zero-order chi connectivity index (χ0) is 22.4. The number of likely N-dealkylation sites (tertiary alicyclic amines) is 1. The number of halogens is 4. The van der Waals surface area contributed by atoms with Crippen LogP contribution in [0.15, 0.2) is 16.6 Å². The van der Waals surface area contributed by atoms with Crippen LogP contribution in [0, 0.1) is 30.6 Å². The van der Waals surface area contributed by atoms with E-state index in [2.05, 4.69) is 53.1 Å². The highest BCUT2D eigenvalue weighted by molar-refractivity contribution is 9.12. The van der Waals surface area contributed by atoms with Gasteiger partial charge in [0, 0.05) is 32.8 Å². The lowest BCUT2D eigenvalue weighted by molar-refractivity contribution is -0.140. The number of benzene rings is 1. The third-order valence-corrected chi connectivity index (χ3v) is 11.3. The third kappa shape index (κ3) is 4.38. The van der Waals surface area contributed by atoms with Crippen LogP contribution in [0.25, 0.3) is 0 Å². The molecule has 2 saturated carbocycles. The summed E-state index contributed by atoms with van der Waals surface area (Å²) in [5, 5.41) is 3.46. The molecule has 0 radical (unpaired) electrons. The summed E-state index contributed by atoms with van der Waals surface area (Å²) in [6, 6.07) is 3.61. The van der Waals surface area contributed by atoms with Crippen molar-refractivity contribution in [2.75, 3.05) is 11.9 Å². The second-order valence-corrected chi connectivity index (χ2v) is 12.1. The van der Waals surface area contributed by atoms with Gasteiger partial charge in [-0.3, -0.25) is 19.3 Å². The smallest absolute Gasteiger partial charge is 0.233 e. The Labute approximate surface area is 212 Å². The molecule has 4 rings (SSSR count). The lowest BCUT2D eigenvalue weighted by Gasteiger charge is -2.28. The highest BCUT2D eigenvalue weighted by Crippen LogP contribution is 2.60. The van der Waals surface area contributed by atoms with Crippen LogP contribution in [0.5, 0.6) is 0 Å². The highest BCUT2D eigenvalue weighted by Gasteiger charge is 2.66. The van der Waals surface area contributed by atoms with E-state index in [1.54, 1.807) is 6.07 Å². The van der Waals surface area contributed by atoms with E-state index in [0.717, 1.165) is 29.3 Å². The molecule has 1 aromatic rings. The standard InChI is InChI=1S/C22H24Br3ClN2O3/c1-10-7-13(23)14(26)9-15(10)27-16(29)5-3-2-4-6-28-21(30)17-11-8-12(18(17)22(28)31)20(25)19(11)24/h7,9,11-12,17-20H,2-6,8H2,1H3,(H,27,29)/t11-,12-,17-,18-,19-,20+/m0/s1. The molecule has 1 N–H and O–H groups in total.